The van der Waals surface area contributed by atoms with Gasteiger partial charge in [0, 0.05) is 43.4 Å². The van der Waals surface area contributed by atoms with E-state index in [-0.39, 0.29) is 48.5 Å². The fourth-order valence-electron chi connectivity index (χ4n) is 4.30. The number of carboxylic acids is 1. The molecule has 10 heteroatoms. The van der Waals surface area contributed by atoms with Gasteiger partial charge in [0.15, 0.2) is 11.4 Å². The predicted octanol–water partition coefficient (Wildman–Crippen LogP) is 4.24. The molecule has 0 unspecified atom stereocenters. The zero-order valence-electron chi connectivity index (χ0n) is 19.4. The number of benzene rings is 1. The summed E-state index contributed by atoms with van der Waals surface area (Å²) >= 11 is 0. The number of aromatic carboxylic acids is 1. The highest BCUT2D eigenvalue weighted by Crippen LogP contribution is 2.32. The van der Waals surface area contributed by atoms with Crippen molar-refractivity contribution < 1.29 is 18.7 Å². The zero-order chi connectivity index (χ0) is 25.3. The van der Waals surface area contributed by atoms with Crippen LogP contribution < -0.4 is 15.8 Å². The lowest BCUT2D eigenvalue weighted by molar-refractivity contribution is -0.0221. The average molecular weight is 482 g/mol. The van der Waals surface area contributed by atoms with Crippen molar-refractivity contribution in [1.29, 1.82) is 5.26 Å². The molecule has 1 aromatic carbocycles. The van der Waals surface area contributed by atoms with E-state index in [9.17, 15) is 28.7 Å². The van der Waals surface area contributed by atoms with E-state index in [1.54, 1.807) is 29.3 Å². The molecule has 3 aromatic rings. The Morgan fingerprint density at radius 2 is 2.00 bits per heavy atom. The van der Waals surface area contributed by atoms with Crippen molar-refractivity contribution in [3.8, 4) is 6.07 Å². The molecule has 2 aromatic heterocycles. The van der Waals surface area contributed by atoms with Crippen LogP contribution in [0.15, 0.2) is 41.3 Å². The lowest BCUT2D eigenvalue weighted by Gasteiger charge is -2.33. The molecule has 1 fully saturated rings. The fraction of sp³-hybridized carbons (Fsp3) is 0.360. The number of nitrogens with one attached hydrogen (secondary N) is 1. The van der Waals surface area contributed by atoms with Gasteiger partial charge in [0.2, 0.25) is 0 Å². The van der Waals surface area contributed by atoms with Crippen molar-refractivity contribution in [2.75, 3.05) is 23.3 Å². The van der Waals surface area contributed by atoms with E-state index in [1.807, 2.05) is 26.0 Å². The average Bonchev–Trinajstić information content (AvgIpc) is 2.83. The Kier molecular flexibility index (Phi) is 6.43. The zero-order valence-corrected chi connectivity index (χ0v) is 19.4. The van der Waals surface area contributed by atoms with Crippen molar-refractivity contribution in [2.24, 2.45) is 0 Å². The summed E-state index contributed by atoms with van der Waals surface area (Å²) in [7, 11) is 0. The number of fused-ring (bicyclic) bond motifs is 1. The van der Waals surface area contributed by atoms with Gasteiger partial charge in [-0.1, -0.05) is 19.1 Å². The highest BCUT2D eigenvalue weighted by Gasteiger charge is 2.35. The number of piperidine rings is 1. The monoisotopic (exact) mass is 481 g/mol. The van der Waals surface area contributed by atoms with Crippen LogP contribution in [0.4, 0.5) is 20.3 Å². The number of hydrogen-bond acceptors (Lipinski definition) is 6. The van der Waals surface area contributed by atoms with Gasteiger partial charge in [-0.25, -0.2) is 18.6 Å². The first-order valence-corrected chi connectivity index (χ1v) is 11.4. The third kappa shape index (κ3) is 4.67. The fourth-order valence-corrected chi connectivity index (χ4v) is 4.30. The molecule has 8 nitrogen and oxygen atoms in total. The van der Waals surface area contributed by atoms with E-state index < -0.39 is 23.5 Å². The minimum absolute atomic E-state index is 0.0214. The first kappa shape index (κ1) is 24.1. The first-order chi connectivity index (χ1) is 16.6. The number of aromatic nitrogens is 2. The van der Waals surface area contributed by atoms with Crippen molar-refractivity contribution >= 4 is 23.1 Å². The Hall–Kier alpha value is -4.00. The quantitative estimate of drug-likeness (QED) is 0.542. The minimum atomic E-state index is -2.79. The normalized spacial score (nSPS) is 16.0. The highest BCUT2D eigenvalue weighted by atomic mass is 19.3. The van der Waals surface area contributed by atoms with E-state index in [0.29, 0.717) is 17.7 Å². The van der Waals surface area contributed by atoms with Crippen LogP contribution in [0.2, 0.25) is 0 Å². The molecule has 1 aliphatic rings. The van der Waals surface area contributed by atoms with Crippen LogP contribution in [0.5, 0.6) is 0 Å². The largest absolute Gasteiger partial charge is 0.478 e. The first-order valence-electron chi connectivity index (χ1n) is 11.4. The van der Waals surface area contributed by atoms with Gasteiger partial charge < -0.3 is 15.3 Å². The molecule has 3 heterocycles. The van der Waals surface area contributed by atoms with Gasteiger partial charge in [0.05, 0.1) is 11.6 Å². The number of carbonyl (C=O) groups is 1. The molecule has 0 spiro atoms. The van der Waals surface area contributed by atoms with Crippen molar-refractivity contribution in [3.63, 3.8) is 0 Å². The molecule has 1 aliphatic heterocycles. The van der Waals surface area contributed by atoms with E-state index in [2.05, 4.69) is 10.3 Å². The van der Waals surface area contributed by atoms with Gasteiger partial charge in [-0.3, -0.25) is 9.20 Å². The second-order valence-corrected chi connectivity index (χ2v) is 8.64. The van der Waals surface area contributed by atoms with E-state index in [1.165, 1.54) is 10.5 Å². The van der Waals surface area contributed by atoms with Gasteiger partial charge in [0.1, 0.15) is 11.7 Å². The standard InChI is InChI=1S/C25H25F2N5O3/c1-3-16-12-18(15(2)29-20-7-5-4-6-17(20)24(34)35)22-30-21(19(13-28)23(33)32(22)14-16)31-10-8-25(26,27)9-11-31/h4-7,12,14-15,29H,3,8-11H2,1-2H3,(H,34,35)/t15-/m1/s1. The maximum Gasteiger partial charge on any atom is 0.337 e. The van der Waals surface area contributed by atoms with Gasteiger partial charge >= 0.3 is 5.97 Å². The molecule has 1 saturated heterocycles. The van der Waals surface area contributed by atoms with Crippen LogP contribution in [0.3, 0.4) is 0 Å². The number of carboxylic acid groups (broad SMARTS) is 1. The number of alkyl halides is 2. The maximum absolute atomic E-state index is 13.7. The van der Waals surface area contributed by atoms with E-state index in [4.69, 9.17) is 0 Å². The highest BCUT2D eigenvalue weighted by molar-refractivity contribution is 5.94. The molecule has 35 heavy (non-hydrogen) atoms. The van der Waals surface area contributed by atoms with Crippen LogP contribution in [-0.4, -0.2) is 39.5 Å². The number of rotatable bonds is 6. The summed E-state index contributed by atoms with van der Waals surface area (Å²) in [5.74, 6) is -3.77. The number of aryl methyl sites for hydroxylation is 1. The second kappa shape index (κ2) is 9.33. The number of nitriles is 1. The lowest BCUT2D eigenvalue weighted by atomic mass is 10.0. The van der Waals surface area contributed by atoms with E-state index >= 15 is 0 Å². The minimum Gasteiger partial charge on any atom is -0.478 e. The van der Waals surface area contributed by atoms with Gasteiger partial charge in [-0.05, 0) is 37.1 Å². The number of anilines is 2. The summed E-state index contributed by atoms with van der Waals surface area (Å²) < 4.78 is 28.8. The van der Waals surface area contributed by atoms with Crippen LogP contribution in [0, 0.1) is 11.3 Å². The van der Waals surface area contributed by atoms with Crippen molar-refractivity contribution in [1.82, 2.24) is 9.38 Å². The number of hydrogen-bond donors (Lipinski definition) is 2. The van der Waals surface area contributed by atoms with Crippen molar-refractivity contribution in [2.45, 2.75) is 45.1 Å². The Labute approximate surface area is 200 Å². The molecule has 4 rings (SSSR count). The Morgan fingerprint density at radius 3 is 2.63 bits per heavy atom. The Morgan fingerprint density at radius 1 is 1.31 bits per heavy atom. The van der Waals surface area contributed by atoms with Crippen LogP contribution in [0.25, 0.3) is 5.65 Å². The molecule has 1 atom stereocenters. The number of pyridine rings is 1. The van der Waals surface area contributed by atoms with Crippen LogP contribution >= 0.6 is 0 Å². The molecule has 2 N–H and O–H groups in total. The summed E-state index contributed by atoms with van der Waals surface area (Å²) in [4.78, 5) is 31.2. The number of halogens is 2. The maximum atomic E-state index is 13.7. The lowest BCUT2D eigenvalue weighted by Crippen LogP contribution is -2.41. The van der Waals surface area contributed by atoms with E-state index in [0.717, 1.165) is 5.56 Å². The molecule has 0 radical (unpaired) electrons. The van der Waals surface area contributed by atoms with Crippen molar-refractivity contribution in [3.05, 3.63) is 69.1 Å². The number of nitrogens with zero attached hydrogens (tertiary/aromatic N) is 4. The third-order valence-corrected chi connectivity index (χ3v) is 6.30. The molecule has 0 amide bonds. The predicted molar refractivity (Wildman–Crippen MR) is 127 cm³/mol. The summed E-state index contributed by atoms with van der Waals surface area (Å²) in [5.41, 5.74) is 1.47. The van der Waals surface area contributed by atoms with Crippen LogP contribution in [0.1, 0.15) is 59.8 Å². The second-order valence-electron chi connectivity index (χ2n) is 8.64. The Balaban J connectivity index is 1.86. The Bertz CT molecular complexity index is 1390. The molecule has 0 saturated carbocycles. The molecule has 0 bridgehead atoms. The van der Waals surface area contributed by atoms with Gasteiger partial charge in [-0.15, -0.1) is 0 Å². The summed E-state index contributed by atoms with van der Waals surface area (Å²) in [5, 5.41) is 22.5. The molecular formula is C25H25F2N5O3. The molecule has 182 valence electrons. The molecular weight excluding hydrogens is 456 g/mol. The van der Waals surface area contributed by atoms with Gasteiger partial charge in [-0.2, -0.15) is 5.26 Å². The topological polar surface area (TPSA) is 111 Å². The third-order valence-electron chi connectivity index (χ3n) is 6.30. The smallest absolute Gasteiger partial charge is 0.337 e. The summed E-state index contributed by atoms with van der Waals surface area (Å²) in [6.07, 6.45) is 1.47. The van der Waals surface area contributed by atoms with Crippen LogP contribution in [-0.2, 0) is 6.42 Å². The molecule has 0 aliphatic carbocycles. The SMILES string of the molecule is CCc1cc([C@@H](C)Nc2ccccc2C(=O)O)c2nc(N3CCC(F)(F)CC3)c(C#N)c(=O)n2c1. The van der Waals surface area contributed by atoms with Gasteiger partial charge in [0.25, 0.3) is 11.5 Å². The summed E-state index contributed by atoms with van der Waals surface area (Å²) in [6.45, 7) is 3.70. The number of para-hydroxylation sites is 1. The summed E-state index contributed by atoms with van der Waals surface area (Å²) in [6, 6.07) is 9.82.